The molecule has 0 saturated carbocycles. The zero-order chi connectivity index (χ0) is 16.3. The number of carbonyl (C=O) groups is 2. The summed E-state index contributed by atoms with van der Waals surface area (Å²) < 4.78 is 4.93. The lowest BCUT2D eigenvalue weighted by Gasteiger charge is -2.35. The average molecular weight is 322 g/mol. The van der Waals surface area contributed by atoms with Gasteiger partial charge in [-0.15, -0.1) is 0 Å². The summed E-state index contributed by atoms with van der Waals surface area (Å²) in [5, 5.41) is 6.79. The fraction of sp³-hybridized carbons (Fsp3) is 0.500. The second-order valence-corrected chi connectivity index (χ2v) is 6.54. The molecule has 0 aliphatic carbocycles. The summed E-state index contributed by atoms with van der Waals surface area (Å²) in [4.78, 5) is 26.3. The standard InChI is InChI=1S/C16H22N2O3S/c1-10(2)5-7-18-11(3)13(15(19)21-4)14(17-16(18)20)12-6-8-22-9-12/h6,8-10,14H,5,7H2,1-4H3,(H,17,20). The lowest BCUT2D eigenvalue weighted by molar-refractivity contribution is -0.136. The third-order valence-corrected chi connectivity index (χ3v) is 4.51. The highest BCUT2D eigenvalue weighted by molar-refractivity contribution is 7.08. The molecule has 1 aromatic heterocycles. The molecule has 1 aliphatic heterocycles. The van der Waals surface area contributed by atoms with Gasteiger partial charge in [-0.1, -0.05) is 13.8 Å². The molecule has 1 aromatic rings. The van der Waals surface area contributed by atoms with Crippen molar-refractivity contribution in [1.82, 2.24) is 10.2 Å². The molecule has 1 unspecified atom stereocenters. The van der Waals surface area contributed by atoms with Crippen LogP contribution in [0.15, 0.2) is 28.1 Å². The highest BCUT2D eigenvalue weighted by Gasteiger charge is 2.36. The highest BCUT2D eigenvalue weighted by atomic mass is 32.1. The molecule has 120 valence electrons. The maximum atomic E-state index is 12.4. The minimum absolute atomic E-state index is 0.165. The molecular weight excluding hydrogens is 300 g/mol. The van der Waals surface area contributed by atoms with Gasteiger partial charge in [0, 0.05) is 12.2 Å². The predicted octanol–water partition coefficient (Wildman–Crippen LogP) is 3.31. The van der Waals surface area contributed by atoms with Crippen molar-refractivity contribution < 1.29 is 14.3 Å². The van der Waals surface area contributed by atoms with Crippen molar-refractivity contribution in [1.29, 1.82) is 0 Å². The predicted molar refractivity (Wildman–Crippen MR) is 86.5 cm³/mol. The average Bonchev–Trinajstić information content (AvgIpc) is 2.99. The topological polar surface area (TPSA) is 58.6 Å². The number of nitrogens with one attached hydrogen (secondary N) is 1. The summed E-state index contributed by atoms with van der Waals surface area (Å²) in [5.74, 6) is 0.0834. The number of carbonyl (C=O) groups excluding carboxylic acids is 2. The SMILES string of the molecule is COC(=O)C1=C(C)N(CCC(C)C)C(=O)NC1c1ccsc1. The van der Waals surface area contributed by atoms with Crippen molar-refractivity contribution in [2.24, 2.45) is 5.92 Å². The number of amides is 2. The quantitative estimate of drug-likeness (QED) is 0.846. The van der Waals surface area contributed by atoms with Crippen LogP contribution in [-0.2, 0) is 9.53 Å². The Morgan fingerprint density at radius 3 is 2.77 bits per heavy atom. The molecule has 1 aliphatic rings. The maximum Gasteiger partial charge on any atom is 0.337 e. The number of hydrogen-bond donors (Lipinski definition) is 1. The van der Waals surface area contributed by atoms with Crippen LogP contribution >= 0.6 is 11.3 Å². The minimum atomic E-state index is -0.443. The summed E-state index contributed by atoms with van der Waals surface area (Å²) in [7, 11) is 1.36. The molecule has 0 bridgehead atoms. The highest BCUT2D eigenvalue weighted by Crippen LogP contribution is 2.32. The molecule has 22 heavy (non-hydrogen) atoms. The number of rotatable bonds is 5. The second-order valence-electron chi connectivity index (χ2n) is 5.76. The van der Waals surface area contributed by atoms with E-state index in [1.165, 1.54) is 18.4 Å². The van der Waals surface area contributed by atoms with Gasteiger partial charge in [-0.25, -0.2) is 9.59 Å². The number of esters is 1. The molecule has 0 saturated heterocycles. The van der Waals surface area contributed by atoms with Crippen LogP contribution in [0.4, 0.5) is 4.79 Å². The first-order valence-electron chi connectivity index (χ1n) is 7.35. The van der Waals surface area contributed by atoms with E-state index in [1.807, 2.05) is 23.8 Å². The van der Waals surface area contributed by atoms with Crippen LogP contribution in [0.2, 0.25) is 0 Å². The van der Waals surface area contributed by atoms with E-state index in [0.717, 1.165) is 12.0 Å². The number of thiophene rings is 1. The van der Waals surface area contributed by atoms with E-state index in [9.17, 15) is 9.59 Å². The Bertz CT molecular complexity index is 578. The van der Waals surface area contributed by atoms with Crippen LogP contribution in [-0.4, -0.2) is 30.6 Å². The Morgan fingerprint density at radius 1 is 1.50 bits per heavy atom. The lowest BCUT2D eigenvalue weighted by Crippen LogP contribution is -2.48. The van der Waals surface area contributed by atoms with Gasteiger partial charge >= 0.3 is 12.0 Å². The zero-order valence-corrected chi connectivity index (χ0v) is 14.2. The molecule has 2 amide bonds. The van der Waals surface area contributed by atoms with Crippen molar-refractivity contribution in [3.05, 3.63) is 33.7 Å². The van der Waals surface area contributed by atoms with Crippen LogP contribution in [0.5, 0.6) is 0 Å². The first kappa shape index (κ1) is 16.5. The fourth-order valence-corrected chi connectivity index (χ4v) is 3.19. The molecule has 6 heteroatoms. The van der Waals surface area contributed by atoms with Crippen LogP contribution < -0.4 is 5.32 Å². The number of urea groups is 1. The zero-order valence-electron chi connectivity index (χ0n) is 13.4. The number of allylic oxidation sites excluding steroid dienone is 1. The van der Waals surface area contributed by atoms with Gasteiger partial charge in [-0.3, -0.25) is 4.90 Å². The van der Waals surface area contributed by atoms with E-state index in [2.05, 4.69) is 19.2 Å². The monoisotopic (exact) mass is 322 g/mol. The second kappa shape index (κ2) is 6.96. The molecule has 0 radical (unpaired) electrons. The Hall–Kier alpha value is -1.82. The third kappa shape index (κ3) is 3.32. The van der Waals surface area contributed by atoms with Crippen LogP contribution in [0.3, 0.4) is 0 Å². The molecule has 0 aromatic carbocycles. The normalized spacial score (nSPS) is 18.7. The Morgan fingerprint density at radius 2 is 2.23 bits per heavy atom. The van der Waals surface area contributed by atoms with Gasteiger partial charge in [0.25, 0.3) is 0 Å². The van der Waals surface area contributed by atoms with Crippen LogP contribution in [0, 0.1) is 5.92 Å². The van der Waals surface area contributed by atoms with Crippen molar-refractivity contribution in [2.45, 2.75) is 33.2 Å². The molecule has 0 fully saturated rings. The third-order valence-electron chi connectivity index (χ3n) is 3.81. The van der Waals surface area contributed by atoms with E-state index < -0.39 is 12.0 Å². The first-order valence-corrected chi connectivity index (χ1v) is 8.29. The number of nitrogens with zero attached hydrogens (tertiary/aromatic N) is 1. The first-order chi connectivity index (χ1) is 10.5. The van der Waals surface area contributed by atoms with E-state index in [4.69, 9.17) is 4.74 Å². The van der Waals surface area contributed by atoms with Crippen LogP contribution in [0.1, 0.15) is 38.8 Å². The number of hydrogen-bond acceptors (Lipinski definition) is 4. The molecular formula is C16H22N2O3S. The van der Waals surface area contributed by atoms with Crippen LogP contribution in [0.25, 0.3) is 0 Å². The molecule has 2 heterocycles. The van der Waals surface area contributed by atoms with E-state index >= 15 is 0 Å². The maximum absolute atomic E-state index is 12.4. The Balaban J connectivity index is 2.39. The minimum Gasteiger partial charge on any atom is -0.466 e. The van der Waals surface area contributed by atoms with E-state index in [-0.39, 0.29) is 6.03 Å². The van der Waals surface area contributed by atoms with Gasteiger partial charge in [-0.2, -0.15) is 11.3 Å². The summed E-state index contributed by atoms with van der Waals surface area (Å²) >= 11 is 1.53. The molecule has 2 rings (SSSR count). The number of ether oxygens (including phenoxy) is 1. The Kier molecular flexibility index (Phi) is 5.24. The summed E-state index contributed by atoms with van der Waals surface area (Å²) in [6.07, 6.45) is 0.877. The van der Waals surface area contributed by atoms with Gasteiger partial charge in [0.15, 0.2) is 0 Å². The fourth-order valence-electron chi connectivity index (χ4n) is 2.50. The molecule has 1 atom stereocenters. The van der Waals surface area contributed by atoms with Crippen molar-refractivity contribution in [2.75, 3.05) is 13.7 Å². The van der Waals surface area contributed by atoms with E-state index in [1.54, 1.807) is 4.90 Å². The van der Waals surface area contributed by atoms with Crippen molar-refractivity contribution in [3.63, 3.8) is 0 Å². The number of methoxy groups -OCH3 is 1. The molecule has 0 spiro atoms. The van der Waals surface area contributed by atoms with Gasteiger partial charge in [0.05, 0.1) is 18.7 Å². The largest absolute Gasteiger partial charge is 0.466 e. The molecule has 1 N–H and O–H groups in total. The van der Waals surface area contributed by atoms with Gasteiger partial charge in [0.2, 0.25) is 0 Å². The van der Waals surface area contributed by atoms with E-state index in [0.29, 0.717) is 23.7 Å². The van der Waals surface area contributed by atoms with Crippen molar-refractivity contribution in [3.8, 4) is 0 Å². The van der Waals surface area contributed by atoms with Gasteiger partial charge in [-0.05, 0) is 41.7 Å². The Labute approximate surface area is 135 Å². The van der Waals surface area contributed by atoms with Gasteiger partial charge < -0.3 is 10.1 Å². The summed E-state index contributed by atoms with van der Waals surface area (Å²) in [5.41, 5.74) is 2.08. The molecule has 5 nitrogen and oxygen atoms in total. The summed E-state index contributed by atoms with van der Waals surface area (Å²) in [6, 6.07) is 1.30. The summed E-state index contributed by atoms with van der Waals surface area (Å²) in [6.45, 7) is 6.61. The van der Waals surface area contributed by atoms with Gasteiger partial charge in [0.1, 0.15) is 0 Å². The smallest absolute Gasteiger partial charge is 0.337 e. The van der Waals surface area contributed by atoms with Crippen molar-refractivity contribution >= 4 is 23.3 Å². The lowest BCUT2D eigenvalue weighted by atomic mass is 9.96.